The van der Waals surface area contributed by atoms with Crippen LogP contribution in [-0.2, 0) is 0 Å². The van der Waals surface area contributed by atoms with E-state index in [2.05, 4.69) is 20.8 Å². The Balaban J connectivity index is 2.17. The molecule has 1 heteroatoms. The minimum atomic E-state index is 0.376. The second-order valence-electron chi connectivity index (χ2n) is 6.33. The van der Waals surface area contributed by atoms with E-state index < -0.39 is 0 Å². The van der Waals surface area contributed by atoms with Crippen LogP contribution in [0, 0.1) is 29.1 Å². The van der Waals surface area contributed by atoms with E-state index in [1.54, 1.807) is 0 Å². The molecule has 5 unspecified atom stereocenters. The summed E-state index contributed by atoms with van der Waals surface area (Å²) < 4.78 is 0. The van der Waals surface area contributed by atoms with E-state index in [1.165, 1.54) is 32.1 Å². The van der Waals surface area contributed by atoms with Crippen molar-refractivity contribution in [3.05, 3.63) is 0 Å². The fraction of sp³-hybridized carbons (Fsp3) is 1.00. The van der Waals surface area contributed by atoms with Crippen LogP contribution in [0.25, 0.3) is 0 Å². The Hall–Kier alpha value is -0.0400. The van der Waals surface area contributed by atoms with Gasteiger partial charge in [0.2, 0.25) is 0 Å². The molecule has 0 aromatic heterocycles. The Morgan fingerprint density at radius 3 is 2.73 bits per heavy atom. The topological polar surface area (TPSA) is 20.2 Å². The second kappa shape index (κ2) is 4.08. The molecular weight excluding hydrogens is 184 g/mol. The van der Waals surface area contributed by atoms with Crippen LogP contribution < -0.4 is 0 Å². The lowest BCUT2D eigenvalue weighted by Gasteiger charge is -2.45. The van der Waals surface area contributed by atoms with Gasteiger partial charge >= 0.3 is 0 Å². The molecule has 1 nitrogen and oxygen atoms in total. The van der Waals surface area contributed by atoms with Crippen LogP contribution in [0.3, 0.4) is 0 Å². The highest BCUT2D eigenvalue weighted by Gasteiger charge is 2.51. The van der Waals surface area contributed by atoms with Crippen LogP contribution in [-0.4, -0.2) is 11.7 Å². The molecule has 15 heavy (non-hydrogen) atoms. The molecule has 88 valence electrons. The number of fused-ring (bicyclic) bond motifs is 1. The van der Waals surface area contributed by atoms with Gasteiger partial charge in [-0.15, -0.1) is 0 Å². The molecule has 2 aliphatic rings. The maximum Gasteiger partial charge on any atom is 0.0459 e. The van der Waals surface area contributed by atoms with Crippen LogP contribution in [0.2, 0.25) is 0 Å². The van der Waals surface area contributed by atoms with Gasteiger partial charge in [-0.25, -0.2) is 0 Å². The van der Waals surface area contributed by atoms with Crippen molar-refractivity contribution < 1.29 is 5.11 Å². The lowest BCUT2D eigenvalue weighted by atomic mass is 9.60. The molecule has 2 saturated carbocycles. The molecule has 2 fully saturated rings. The Morgan fingerprint density at radius 2 is 2.07 bits per heavy atom. The molecule has 0 aliphatic heterocycles. The monoisotopic (exact) mass is 210 g/mol. The second-order valence-corrected chi connectivity index (χ2v) is 6.33. The Kier molecular flexibility index (Phi) is 3.12. The number of rotatable bonds is 2. The van der Waals surface area contributed by atoms with E-state index in [4.69, 9.17) is 0 Å². The lowest BCUT2D eigenvalue weighted by molar-refractivity contribution is 0.0229. The van der Waals surface area contributed by atoms with Gasteiger partial charge in [0.25, 0.3) is 0 Å². The van der Waals surface area contributed by atoms with Crippen molar-refractivity contribution >= 4 is 0 Å². The van der Waals surface area contributed by atoms with Crippen molar-refractivity contribution in [3.63, 3.8) is 0 Å². The first-order valence-corrected chi connectivity index (χ1v) is 6.70. The summed E-state index contributed by atoms with van der Waals surface area (Å²) >= 11 is 0. The van der Waals surface area contributed by atoms with Gasteiger partial charge in [0, 0.05) is 6.61 Å². The molecule has 1 N–H and O–H groups in total. The van der Waals surface area contributed by atoms with Crippen LogP contribution in [0.5, 0.6) is 0 Å². The van der Waals surface area contributed by atoms with Crippen LogP contribution >= 0.6 is 0 Å². The van der Waals surface area contributed by atoms with Crippen LogP contribution in [0.4, 0.5) is 0 Å². The molecule has 0 aromatic carbocycles. The predicted octanol–water partition coefficient (Wildman–Crippen LogP) is 3.47. The van der Waals surface area contributed by atoms with E-state index in [0.717, 1.165) is 17.8 Å². The molecule has 0 bridgehead atoms. The predicted molar refractivity (Wildman–Crippen MR) is 63.6 cm³/mol. The average Bonchev–Trinajstić information content (AvgIpc) is 2.56. The van der Waals surface area contributed by atoms with E-state index >= 15 is 0 Å². The Morgan fingerprint density at radius 1 is 1.33 bits per heavy atom. The molecule has 0 spiro atoms. The van der Waals surface area contributed by atoms with Crippen molar-refractivity contribution in [3.8, 4) is 0 Å². The third-order valence-corrected chi connectivity index (χ3v) is 5.52. The van der Waals surface area contributed by atoms with Gasteiger partial charge in [0.1, 0.15) is 0 Å². The average molecular weight is 210 g/mol. The summed E-state index contributed by atoms with van der Waals surface area (Å²) in [5.74, 6) is 3.13. The first-order valence-electron chi connectivity index (χ1n) is 6.70. The first-order chi connectivity index (χ1) is 7.09. The zero-order valence-electron chi connectivity index (χ0n) is 10.5. The van der Waals surface area contributed by atoms with Gasteiger partial charge in [-0.3, -0.25) is 0 Å². The van der Waals surface area contributed by atoms with Gasteiger partial charge in [0.05, 0.1) is 0 Å². The SMILES string of the molecule is CC(CO)C1CCC2C(C)CCCC12C. The summed E-state index contributed by atoms with van der Waals surface area (Å²) in [6, 6.07) is 0. The van der Waals surface area contributed by atoms with E-state index in [0.29, 0.717) is 17.9 Å². The molecule has 0 aromatic rings. The van der Waals surface area contributed by atoms with E-state index in [9.17, 15) is 5.11 Å². The molecule has 0 amide bonds. The molecule has 0 radical (unpaired) electrons. The summed E-state index contributed by atoms with van der Waals surface area (Å²) in [4.78, 5) is 0. The quantitative estimate of drug-likeness (QED) is 0.740. The highest BCUT2D eigenvalue weighted by Crippen LogP contribution is 2.59. The van der Waals surface area contributed by atoms with Gasteiger partial charge in [-0.05, 0) is 48.3 Å². The highest BCUT2D eigenvalue weighted by atomic mass is 16.3. The molecule has 2 rings (SSSR count). The van der Waals surface area contributed by atoms with Crippen molar-refractivity contribution in [1.82, 2.24) is 0 Å². The summed E-state index contributed by atoms with van der Waals surface area (Å²) in [7, 11) is 0. The molecular formula is C14H26O. The number of aliphatic hydroxyl groups excluding tert-OH is 1. The Bertz CT molecular complexity index is 225. The highest BCUT2D eigenvalue weighted by molar-refractivity contribution is 5.00. The summed E-state index contributed by atoms with van der Waals surface area (Å²) in [5, 5.41) is 9.37. The van der Waals surface area contributed by atoms with Gasteiger partial charge in [0.15, 0.2) is 0 Å². The minimum absolute atomic E-state index is 0.376. The van der Waals surface area contributed by atoms with Crippen molar-refractivity contribution in [2.45, 2.75) is 52.9 Å². The number of hydrogen-bond donors (Lipinski definition) is 1. The minimum Gasteiger partial charge on any atom is -0.396 e. The van der Waals surface area contributed by atoms with E-state index in [1.807, 2.05) is 0 Å². The van der Waals surface area contributed by atoms with Crippen LogP contribution in [0.15, 0.2) is 0 Å². The Labute approximate surface area is 94.3 Å². The van der Waals surface area contributed by atoms with Gasteiger partial charge < -0.3 is 5.11 Å². The summed E-state index contributed by atoms with van der Waals surface area (Å²) in [5.41, 5.74) is 0.541. The zero-order chi connectivity index (χ0) is 11.1. The van der Waals surface area contributed by atoms with Crippen molar-refractivity contribution in [1.29, 1.82) is 0 Å². The third kappa shape index (κ3) is 1.73. The smallest absolute Gasteiger partial charge is 0.0459 e. The summed E-state index contributed by atoms with van der Waals surface area (Å²) in [6.45, 7) is 7.55. The van der Waals surface area contributed by atoms with Crippen molar-refractivity contribution in [2.75, 3.05) is 6.61 Å². The van der Waals surface area contributed by atoms with E-state index in [-0.39, 0.29) is 0 Å². The van der Waals surface area contributed by atoms with Gasteiger partial charge in [-0.1, -0.05) is 33.6 Å². The maximum atomic E-state index is 9.37. The van der Waals surface area contributed by atoms with Crippen molar-refractivity contribution in [2.24, 2.45) is 29.1 Å². The molecule has 2 aliphatic carbocycles. The van der Waals surface area contributed by atoms with Gasteiger partial charge in [-0.2, -0.15) is 0 Å². The summed E-state index contributed by atoms with van der Waals surface area (Å²) in [6.07, 6.45) is 7.00. The number of aliphatic hydroxyl groups is 1. The standard InChI is InChI=1S/C14H26O/c1-10-5-4-8-14(3)12(10)6-7-13(14)11(2)9-15/h10-13,15H,4-9H2,1-3H3. The normalized spacial score (nSPS) is 47.6. The molecule has 5 atom stereocenters. The first kappa shape index (κ1) is 11.4. The third-order valence-electron chi connectivity index (χ3n) is 5.52. The molecule has 0 heterocycles. The fourth-order valence-electron chi connectivity index (χ4n) is 4.67. The maximum absolute atomic E-state index is 9.37. The largest absolute Gasteiger partial charge is 0.396 e. The number of hydrogen-bond acceptors (Lipinski definition) is 1. The van der Waals surface area contributed by atoms with Crippen LogP contribution in [0.1, 0.15) is 52.9 Å². The zero-order valence-corrected chi connectivity index (χ0v) is 10.5. The lowest BCUT2D eigenvalue weighted by Crippen LogP contribution is -2.38. The fourth-order valence-corrected chi connectivity index (χ4v) is 4.67. The molecule has 0 saturated heterocycles.